The molecule has 4 aliphatic rings. The molecule has 2 aromatic carbocycles. The van der Waals surface area contributed by atoms with Crippen molar-refractivity contribution in [3.8, 4) is 0 Å². The second kappa shape index (κ2) is 25.0. The standard InChI is InChI=1S/C58H82N2O9/c1-39(49-22-18-40(2)55(66)60-56(4,28-31-68-6)33-43-15-11-16-45(32-43)50(49)23-19-42-13-8-7-9-14-42)12-10-17-47(37-69-38-48(64)36-63)51-24-26-58(54(51)65)53-44(25-30-61)20-21-46(52(53)41(3)35-62)34-57(58,67)27-29-59-5/h7-18,20-21,32,35,44,46,48-51,53-55,59-61,63-67H,1,19,22-31,33-34,36-38H2,2-6H3. The van der Waals surface area contributed by atoms with Gasteiger partial charge >= 0.3 is 0 Å². The number of carbonyl (C=O) groups is 1. The molecular formula is C58H82N2O9. The van der Waals surface area contributed by atoms with Gasteiger partial charge in [-0.3, -0.25) is 10.1 Å². The number of aldehydes is 1. The van der Waals surface area contributed by atoms with Crippen molar-refractivity contribution < 1.29 is 44.9 Å². The van der Waals surface area contributed by atoms with Gasteiger partial charge < -0.3 is 45.4 Å². The quantitative estimate of drug-likeness (QED) is 0.0284. The van der Waals surface area contributed by atoms with Gasteiger partial charge in [0, 0.05) is 43.1 Å². The number of rotatable bonds is 21. The number of hydrogen-bond donors (Lipinski definition) is 8. The van der Waals surface area contributed by atoms with E-state index in [1.165, 1.54) is 16.7 Å². The van der Waals surface area contributed by atoms with E-state index in [-0.39, 0.29) is 49.4 Å². The third kappa shape index (κ3) is 12.6. The average Bonchev–Trinajstić information content (AvgIpc) is 3.69. The highest BCUT2D eigenvalue weighted by molar-refractivity contribution is 5.74. The van der Waals surface area contributed by atoms with Gasteiger partial charge in [0.2, 0.25) is 0 Å². The SMILES string of the molecule is C=C(C=CC=C(COCC(O)CO)C1CCC2(C1O)C1C(=C(C)C=O)C(C=CC1CCO)CC2(O)CCNC)C1CC=C(C)C(O)NC(C)(CCOC)Cc2cccc(c2)C1CCc1ccccc1. The van der Waals surface area contributed by atoms with Gasteiger partial charge in [0.25, 0.3) is 0 Å². The first-order chi connectivity index (χ1) is 33.2. The Hall–Kier alpha value is -3.85. The maximum atomic E-state index is 13.1. The zero-order chi connectivity index (χ0) is 49.8. The van der Waals surface area contributed by atoms with Crippen LogP contribution in [0.25, 0.3) is 0 Å². The second-order valence-corrected chi connectivity index (χ2v) is 20.8. The van der Waals surface area contributed by atoms with E-state index in [0.29, 0.717) is 63.7 Å². The van der Waals surface area contributed by atoms with Crippen molar-refractivity contribution in [1.29, 1.82) is 0 Å². The van der Waals surface area contributed by atoms with Crippen LogP contribution in [-0.2, 0) is 27.1 Å². The summed E-state index contributed by atoms with van der Waals surface area (Å²) < 4.78 is 11.6. The normalized spacial score (nSPS) is 32.9. The highest BCUT2D eigenvalue weighted by Crippen LogP contribution is 2.67. The van der Waals surface area contributed by atoms with Gasteiger partial charge in [0.05, 0.1) is 31.5 Å². The number of aliphatic hydroxyl groups is 6. The average molecular weight is 951 g/mol. The van der Waals surface area contributed by atoms with Crippen LogP contribution in [-0.4, -0.2) is 120 Å². The van der Waals surface area contributed by atoms with Crippen LogP contribution in [0.15, 0.2) is 125 Å². The molecule has 11 heteroatoms. The number of benzene rings is 2. The van der Waals surface area contributed by atoms with Gasteiger partial charge in [-0.1, -0.05) is 109 Å². The summed E-state index contributed by atoms with van der Waals surface area (Å²) in [6.45, 7) is 11.2. The van der Waals surface area contributed by atoms with Gasteiger partial charge in [-0.15, -0.1) is 0 Å². The molecule has 1 spiro atoms. The van der Waals surface area contributed by atoms with E-state index in [1.54, 1.807) is 7.11 Å². The Bertz CT molecular complexity index is 2170. The van der Waals surface area contributed by atoms with Crippen LogP contribution in [0.2, 0.25) is 0 Å². The molecule has 0 radical (unpaired) electrons. The van der Waals surface area contributed by atoms with E-state index in [4.69, 9.17) is 16.1 Å². The molecule has 2 aromatic rings. The lowest BCUT2D eigenvalue weighted by Crippen LogP contribution is -2.65. The van der Waals surface area contributed by atoms with Crippen molar-refractivity contribution in [2.75, 3.05) is 53.7 Å². The number of nitrogens with one attached hydrogen (secondary N) is 2. The first-order valence-corrected chi connectivity index (χ1v) is 25.3. The van der Waals surface area contributed by atoms with Crippen LogP contribution >= 0.6 is 0 Å². The van der Waals surface area contributed by atoms with Crippen molar-refractivity contribution >= 4 is 6.29 Å². The summed E-state index contributed by atoms with van der Waals surface area (Å²) in [7, 11) is 3.56. The summed E-state index contributed by atoms with van der Waals surface area (Å²) >= 11 is 0. The Labute approximate surface area is 411 Å². The van der Waals surface area contributed by atoms with Crippen molar-refractivity contribution in [3.05, 3.63) is 142 Å². The van der Waals surface area contributed by atoms with E-state index in [2.05, 4.69) is 84.3 Å². The highest BCUT2D eigenvalue weighted by Gasteiger charge is 2.68. The number of hydrogen-bond acceptors (Lipinski definition) is 11. The smallest absolute Gasteiger partial charge is 0.145 e. The lowest BCUT2D eigenvalue weighted by atomic mass is 9.45. The summed E-state index contributed by atoms with van der Waals surface area (Å²) in [5, 5.41) is 74.8. The number of allylic oxidation sites excluding steroid dienone is 9. The molecule has 69 heavy (non-hydrogen) atoms. The van der Waals surface area contributed by atoms with Crippen LogP contribution in [0, 0.1) is 35.0 Å². The van der Waals surface area contributed by atoms with Gasteiger partial charge in [0.15, 0.2) is 0 Å². The van der Waals surface area contributed by atoms with Crippen molar-refractivity contribution in [2.45, 2.75) is 120 Å². The first-order valence-electron chi connectivity index (χ1n) is 25.3. The van der Waals surface area contributed by atoms with E-state index < -0.39 is 47.5 Å². The zero-order valence-corrected chi connectivity index (χ0v) is 41.9. The molecule has 12 unspecified atom stereocenters. The number of fused-ring (bicyclic) bond motifs is 5. The lowest BCUT2D eigenvalue weighted by molar-refractivity contribution is -0.194. The molecule has 1 heterocycles. The van der Waals surface area contributed by atoms with Gasteiger partial charge in [0.1, 0.15) is 18.6 Å². The molecule has 0 amide bonds. The molecule has 11 nitrogen and oxygen atoms in total. The van der Waals surface area contributed by atoms with Crippen LogP contribution in [0.3, 0.4) is 0 Å². The minimum absolute atomic E-state index is 0.0544. The first kappa shape index (κ1) is 54.5. The topological polar surface area (TPSA) is 181 Å². The zero-order valence-electron chi connectivity index (χ0n) is 41.9. The summed E-state index contributed by atoms with van der Waals surface area (Å²) in [5.74, 6) is -1.19. The summed E-state index contributed by atoms with van der Waals surface area (Å²) in [6.07, 6.45) is 16.2. The molecular weight excluding hydrogens is 869 g/mol. The van der Waals surface area contributed by atoms with Gasteiger partial charge in [-0.25, -0.2) is 0 Å². The number of carbonyl (C=O) groups excluding carboxylic acids is 1. The molecule has 12 atom stereocenters. The third-order valence-electron chi connectivity index (χ3n) is 16.3. The Morgan fingerprint density at radius 3 is 2.55 bits per heavy atom. The Balaban J connectivity index is 1.40. The predicted octanol–water partition coefficient (Wildman–Crippen LogP) is 6.84. The van der Waals surface area contributed by atoms with Crippen LogP contribution < -0.4 is 10.6 Å². The molecule has 0 saturated heterocycles. The molecule has 1 aliphatic heterocycles. The monoisotopic (exact) mass is 951 g/mol. The maximum absolute atomic E-state index is 13.1. The van der Waals surface area contributed by atoms with Crippen LogP contribution in [0.1, 0.15) is 94.7 Å². The van der Waals surface area contributed by atoms with Crippen LogP contribution in [0.4, 0.5) is 0 Å². The highest BCUT2D eigenvalue weighted by atomic mass is 16.5. The Kier molecular flexibility index (Phi) is 19.7. The number of methoxy groups -OCH3 is 1. The summed E-state index contributed by atoms with van der Waals surface area (Å²) in [4.78, 5) is 12.6. The molecule has 8 N–H and O–H groups in total. The molecule has 2 saturated carbocycles. The number of ether oxygens (including phenoxy) is 2. The Morgan fingerprint density at radius 2 is 1.84 bits per heavy atom. The predicted molar refractivity (Wildman–Crippen MR) is 273 cm³/mol. The minimum Gasteiger partial charge on any atom is -0.396 e. The largest absolute Gasteiger partial charge is 0.396 e. The van der Waals surface area contributed by atoms with Crippen LogP contribution in [0.5, 0.6) is 0 Å². The molecule has 4 bridgehead atoms. The maximum Gasteiger partial charge on any atom is 0.145 e. The third-order valence-corrected chi connectivity index (χ3v) is 16.3. The van der Waals surface area contributed by atoms with Crippen molar-refractivity contribution in [3.63, 3.8) is 0 Å². The fraction of sp³-hybridized carbons (Fsp3) is 0.569. The van der Waals surface area contributed by atoms with Crippen molar-refractivity contribution in [2.24, 2.45) is 35.0 Å². The molecule has 378 valence electrons. The minimum atomic E-state index is -1.30. The fourth-order valence-corrected chi connectivity index (χ4v) is 12.6. The van der Waals surface area contributed by atoms with E-state index in [9.17, 15) is 35.4 Å². The summed E-state index contributed by atoms with van der Waals surface area (Å²) in [6, 6.07) is 19.4. The Morgan fingerprint density at radius 1 is 1.06 bits per heavy atom. The van der Waals surface area contributed by atoms with Crippen molar-refractivity contribution in [1.82, 2.24) is 10.6 Å². The van der Waals surface area contributed by atoms with E-state index in [0.717, 1.165) is 47.8 Å². The van der Waals surface area contributed by atoms with Gasteiger partial charge in [-0.2, -0.15) is 0 Å². The molecule has 6 rings (SSSR count). The fourth-order valence-electron chi connectivity index (χ4n) is 12.6. The lowest BCUT2D eigenvalue weighted by Gasteiger charge is -2.61. The van der Waals surface area contributed by atoms with Gasteiger partial charge in [-0.05, 0) is 156 Å². The second-order valence-electron chi connectivity index (χ2n) is 20.8. The molecule has 3 aliphatic carbocycles. The molecule has 0 aromatic heterocycles. The van der Waals surface area contributed by atoms with E-state index >= 15 is 0 Å². The summed E-state index contributed by atoms with van der Waals surface area (Å²) in [5.41, 5.74) is 4.96. The molecule has 2 fully saturated rings. The number of aliphatic hydroxyl groups excluding tert-OH is 5. The van der Waals surface area contributed by atoms with E-state index in [1.807, 2.05) is 45.2 Å². The number of aryl methyl sites for hydroxylation is 1.